The Labute approximate surface area is 214 Å². The number of alkyl carbamates (subject to hydrolysis) is 1. The second-order valence-electron chi connectivity index (χ2n) is 10.5. The quantitative estimate of drug-likeness (QED) is 0.140. The third-order valence-corrected chi connectivity index (χ3v) is 6.04. The molecular weight excluding hydrogens is 466 g/mol. The fourth-order valence-corrected chi connectivity index (χ4v) is 4.98. The van der Waals surface area contributed by atoms with E-state index in [0.717, 1.165) is 31.4 Å². The lowest BCUT2D eigenvalue weighted by Crippen LogP contribution is -2.44. The molecule has 1 amide bonds. The van der Waals surface area contributed by atoms with Crippen LogP contribution in [0, 0.1) is 16.7 Å². The Morgan fingerprint density at radius 1 is 0.806 bits per heavy atom. The molecule has 0 bridgehead atoms. The third kappa shape index (κ3) is 13.9. The molecule has 0 heterocycles. The summed E-state index contributed by atoms with van der Waals surface area (Å²) in [6.45, 7) is 14.7. The van der Waals surface area contributed by atoms with E-state index in [0.29, 0.717) is 45.3 Å². The van der Waals surface area contributed by atoms with Gasteiger partial charge in [0.15, 0.2) is 0 Å². The summed E-state index contributed by atoms with van der Waals surface area (Å²) in [5, 5.41) is 2.87. The van der Waals surface area contributed by atoms with E-state index in [1.165, 1.54) is 0 Å². The largest absolute Gasteiger partial charge is 0.466 e. The average molecular weight is 510 g/mol. The number of amides is 1. The van der Waals surface area contributed by atoms with Crippen molar-refractivity contribution in [2.75, 3.05) is 33.0 Å². The number of nitrogens with one attached hydrogen (secondary N) is 1. The van der Waals surface area contributed by atoms with Crippen LogP contribution in [0.5, 0.6) is 0 Å². The Morgan fingerprint density at radius 3 is 1.83 bits per heavy atom. The van der Waals surface area contributed by atoms with E-state index < -0.39 is 18.0 Å². The van der Waals surface area contributed by atoms with E-state index >= 15 is 0 Å². The highest BCUT2D eigenvalue weighted by atomic mass is 16.6. The summed E-state index contributed by atoms with van der Waals surface area (Å²) < 4.78 is 20.4. The van der Waals surface area contributed by atoms with Crippen molar-refractivity contribution < 1.29 is 38.1 Å². The first-order chi connectivity index (χ1) is 17.0. The Kier molecular flexibility index (Phi) is 13.9. The van der Waals surface area contributed by atoms with Crippen LogP contribution in [0.25, 0.3) is 0 Å². The van der Waals surface area contributed by atoms with Crippen LogP contribution in [0.4, 0.5) is 4.79 Å². The number of rotatable bonds is 16. The molecule has 0 radical (unpaired) electrons. The summed E-state index contributed by atoms with van der Waals surface area (Å²) in [7, 11) is 0. The lowest BCUT2D eigenvalue weighted by Gasteiger charge is -2.46. The van der Waals surface area contributed by atoms with Crippen molar-refractivity contribution in [1.82, 2.24) is 5.32 Å². The molecule has 0 aromatic heterocycles. The molecule has 2 atom stereocenters. The summed E-state index contributed by atoms with van der Waals surface area (Å²) in [6, 6.07) is 0. The maximum absolute atomic E-state index is 12.4. The van der Waals surface area contributed by atoms with Gasteiger partial charge in [0.05, 0.1) is 26.4 Å². The number of unbranched alkanes of at least 4 members (excludes halogenated alkanes) is 2. The number of hydrogen-bond acceptors (Lipinski definition) is 8. The SMILES string of the molecule is C=CC(=O)OCCCCOC(=O)CC1CC(C)(C)CC(C)(CNC(=O)OCCCCOC(=O)C=C)C1. The summed E-state index contributed by atoms with van der Waals surface area (Å²) in [5.41, 5.74) is -0.138. The fourth-order valence-electron chi connectivity index (χ4n) is 4.98. The van der Waals surface area contributed by atoms with Crippen molar-refractivity contribution in [2.24, 2.45) is 16.7 Å². The Bertz CT molecular complexity index is 763. The maximum Gasteiger partial charge on any atom is 0.407 e. The third-order valence-electron chi connectivity index (χ3n) is 6.04. The smallest absolute Gasteiger partial charge is 0.407 e. The summed E-state index contributed by atoms with van der Waals surface area (Å²) in [4.78, 5) is 46.5. The number of esters is 3. The van der Waals surface area contributed by atoms with Gasteiger partial charge in [0.25, 0.3) is 0 Å². The highest BCUT2D eigenvalue weighted by molar-refractivity contribution is 5.81. The highest BCUT2D eigenvalue weighted by Crippen LogP contribution is 2.49. The average Bonchev–Trinajstić information content (AvgIpc) is 2.80. The first-order valence-electron chi connectivity index (χ1n) is 12.6. The maximum atomic E-state index is 12.4. The Balaban J connectivity index is 2.34. The van der Waals surface area contributed by atoms with E-state index in [2.05, 4.69) is 39.2 Å². The van der Waals surface area contributed by atoms with E-state index in [1.807, 2.05) is 0 Å². The normalized spacial score (nSPS) is 20.5. The van der Waals surface area contributed by atoms with Gasteiger partial charge < -0.3 is 24.3 Å². The molecule has 0 aromatic carbocycles. The molecule has 1 rings (SSSR count). The monoisotopic (exact) mass is 509 g/mol. The first kappa shape index (κ1) is 31.2. The molecule has 204 valence electrons. The Morgan fingerprint density at radius 2 is 1.31 bits per heavy atom. The van der Waals surface area contributed by atoms with E-state index in [-0.39, 0.29) is 42.5 Å². The zero-order valence-electron chi connectivity index (χ0n) is 22.1. The molecule has 9 nitrogen and oxygen atoms in total. The van der Waals surface area contributed by atoms with Gasteiger partial charge >= 0.3 is 24.0 Å². The molecule has 1 N–H and O–H groups in total. The minimum atomic E-state index is -0.475. The van der Waals surface area contributed by atoms with Crippen LogP contribution in [-0.2, 0) is 33.3 Å². The number of hydrogen-bond donors (Lipinski definition) is 1. The van der Waals surface area contributed by atoms with Crippen LogP contribution in [0.1, 0.15) is 72.1 Å². The molecule has 0 aromatic rings. The molecule has 1 aliphatic rings. The van der Waals surface area contributed by atoms with Crippen molar-refractivity contribution in [2.45, 2.75) is 72.1 Å². The van der Waals surface area contributed by atoms with Crippen LogP contribution in [-0.4, -0.2) is 57.0 Å². The second kappa shape index (κ2) is 16.0. The van der Waals surface area contributed by atoms with E-state index in [1.54, 1.807) is 0 Å². The minimum Gasteiger partial charge on any atom is -0.466 e. The van der Waals surface area contributed by atoms with Crippen molar-refractivity contribution in [1.29, 1.82) is 0 Å². The molecule has 2 unspecified atom stereocenters. The standard InChI is InChI=1S/C27H43NO8/c1-6-22(29)33-12-8-9-14-35-24(31)16-21-17-26(3,4)19-27(5,18-21)20-28-25(32)36-15-11-10-13-34-23(30)7-2/h6-7,21H,1-2,8-20H2,3-5H3,(H,28,32). The van der Waals surface area contributed by atoms with Gasteiger partial charge in [-0.25, -0.2) is 14.4 Å². The molecule has 0 aliphatic heterocycles. The van der Waals surface area contributed by atoms with Gasteiger partial charge in [-0.1, -0.05) is 33.9 Å². The first-order valence-corrected chi connectivity index (χ1v) is 12.6. The predicted molar refractivity (Wildman–Crippen MR) is 135 cm³/mol. The van der Waals surface area contributed by atoms with Crippen molar-refractivity contribution in [3.63, 3.8) is 0 Å². The van der Waals surface area contributed by atoms with Gasteiger partial charge in [-0.3, -0.25) is 4.79 Å². The van der Waals surface area contributed by atoms with E-state index in [9.17, 15) is 19.2 Å². The van der Waals surface area contributed by atoms with Gasteiger partial charge in [0, 0.05) is 25.1 Å². The van der Waals surface area contributed by atoms with Gasteiger partial charge in [-0.05, 0) is 61.7 Å². The summed E-state index contributed by atoms with van der Waals surface area (Å²) in [5.74, 6) is -0.987. The van der Waals surface area contributed by atoms with Crippen LogP contribution >= 0.6 is 0 Å². The van der Waals surface area contributed by atoms with E-state index in [4.69, 9.17) is 18.9 Å². The number of ether oxygens (including phenoxy) is 4. The fraction of sp³-hybridized carbons (Fsp3) is 0.704. The molecule has 0 saturated heterocycles. The van der Waals surface area contributed by atoms with Crippen LogP contribution < -0.4 is 5.32 Å². The number of carbonyl (C=O) groups is 4. The predicted octanol–water partition coefficient (Wildman–Crippen LogP) is 4.50. The van der Waals surface area contributed by atoms with Crippen molar-refractivity contribution in [3.8, 4) is 0 Å². The molecule has 1 saturated carbocycles. The second-order valence-corrected chi connectivity index (χ2v) is 10.5. The van der Waals surface area contributed by atoms with Gasteiger partial charge in [-0.2, -0.15) is 0 Å². The number of carbonyl (C=O) groups excluding carboxylic acids is 4. The Hall–Kier alpha value is -2.84. The zero-order chi connectivity index (χ0) is 27.0. The van der Waals surface area contributed by atoms with Gasteiger partial charge in [-0.15, -0.1) is 0 Å². The van der Waals surface area contributed by atoms with Crippen molar-refractivity contribution >= 4 is 24.0 Å². The summed E-state index contributed by atoms with van der Waals surface area (Å²) in [6.07, 6.45) is 7.15. The van der Waals surface area contributed by atoms with Crippen LogP contribution in [0.3, 0.4) is 0 Å². The van der Waals surface area contributed by atoms with Crippen LogP contribution in [0.2, 0.25) is 0 Å². The summed E-state index contributed by atoms with van der Waals surface area (Å²) >= 11 is 0. The molecule has 36 heavy (non-hydrogen) atoms. The van der Waals surface area contributed by atoms with Gasteiger partial charge in [0.1, 0.15) is 0 Å². The van der Waals surface area contributed by atoms with Crippen LogP contribution in [0.15, 0.2) is 25.3 Å². The lowest BCUT2D eigenvalue weighted by atomic mass is 9.60. The minimum absolute atomic E-state index is 0.0292. The lowest BCUT2D eigenvalue weighted by molar-refractivity contribution is -0.146. The van der Waals surface area contributed by atoms with Gasteiger partial charge in [0.2, 0.25) is 0 Å². The molecular formula is C27H43NO8. The molecule has 0 spiro atoms. The zero-order valence-corrected chi connectivity index (χ0v) is 22.1. The highest BCUT2D eigenvalue weighted by Gasteiger charge is 2.42. The molecule has 9 heteroatoms. The molecule has 1 fully saturated rings. The molecule has 1 aliphatic carbocycles. The topological polar surface area (TPSA) is 117 Å². The van der Waals surface area contributed by atoms with Crippen molar-refractivity contribution in [3.05, 3.63) is 25.3 Å².